The molecule has 0 aliphatic heterocycles. The number of carbonyl (C=O) groups excluding carboxylic acids is 1. The molecular formula is C21H24ClN9O3S4. The molecule has 4 N–H and O–H groups in total. The number of thiol groups is 3. The molecule has 2 aromatic carbocycles. The van der Waals surface area contributed by atoms with Crippen molar-refractivity contribution in [1.82, 2.24) is 15.0 Å². The number of rotatable bonds is 11. The highest BCUT2D eigenvalue weighted by atomic mass is 35.5. The van der Waals surface area contributed by atoms with E-state index in [0.29, 0.717) is 34.5 Å². The van der Waals surface area contributed by atoms with Crippen LogP contribution in [0.2, 0.25) is 5.28 Å². The van der Waals surface area contributed by atoms with Gasteiger partial charge in [0.25, 0.3) is 0 Å². The molecule has 3 aromatic rings. The van der Waals surface area contributed by atoms with Gasteiger partial charge in [-0.25, -0.2) is 13.2 Å². The number of nitrogens with one attached hydrogen (secondary N) is 2. The molecule has 38 heavy (non-hydrogen) atoms. The number of halogens is 1. The Labute approximate surface area is 241 Å². The topological polar surface area (TPSA) is 168 Å². The van der Waals surface area contributed by atoms with Crippen LogP contribution in [0.15, 0.2) is 56.4 Å². The van der Waals surface area contributed by atoms with Crippen molar-refractivity contribution in [2.24, 2.45) is 16.0 Å². The van der Waals surface area contributed by atoms with Crippen molar-refractivity contribution in [1.29, 1.82) is 0 Å². The van der Waals surface area contributed by atoms with Crippen LogP contribution in [-0.2, 0) is 9.84 Å². The standard InChI is InChI=1S/C21H24ClN9O3S4/c1-31(6-7-35)21-27-18(22)26-20(28-21)24-12-2-4-14(16(10-12)25-19(23)32)29-30-15-5-3-13(11-17(15)37)38(33,34)9-8-36/h2-5,10-11,35-37H,6-9H2,1H3,(H3,23,25,32)(H,24,26,27,28). The zero-order valence-corrected chi connectivity index (χ0v) is 24.2. The quantitative estimate of drug-likeness (QED) is 0.135. The zero-order chi connectivity index (χ0) is 27.9. The molecule has 1 aromatic heterocycles. The Morgan fingerprint density at radius 3 is 2.45 bits per heavy atom. The summed E-state index contributed by atoms with van der Waals surface area (Å²) < 4.78 is 24.5. The number of benzene rings is 2. The minimum absolute atomic E-state index is 0.00332. The number of azo groups is 1. The molecule has 3 rings (SSSR count). The highest BCUT2D eigenvalue weighted by Crippen LogP contribution is 2.33. The highest BCUT2D eigenvalue weighted by Gasteiger charge is 2.15. The van der Waals surface area contributed by atoms with E-state index in [-0.39, 0.29) is 39.0 Å². The lowest BCUT2D eigenvalue weighted by Gasteiger charge is -2.16. The summed E-state index contributed by atoms with van der Waals surface area (Å²) in [4.78, 5) is 26.3. The minimum Gasteiger partial charge on any atom is -0.351 e. The van der Waals surface area contributed by atoms with E-state index in [4.69, 9.17) is 17.3 Å². The van der Waals surface area contributed by atoms with Gasteiger partial charge in [-0.3, -0.25) is 0 Å². The molecule has 0 unspecified atom stereocenters. The third-order valence-electron chi connectivity index (χ3n) is 4.82. The van der Waals surface area contributed by atoms with Crippen LogP contribution in [-0.4, -0.2) is 60.3 Å². The Hall–Kier alpha value is -2.79. The van der Waals surface area contributed by atoms with Gasteiger partial charge in [0.1, 0.15) is 5.69 Å². The van der Waals surface area contributed by atoms with Gasteiger partial charge in [-0.1, -0.05) is 0 Å². The molecule has 0 spiro atoms. The summed E-state index contributed by atoms with van der Waals surface area (Å²) in [5.41, 5.74) is 6.66. The van der Waals surface area contributed by atoms with E-state index in [1.165, 1.54) is 18.2 Å². The lowest BCUT2D eigenvalue weighted by molar-refractivity contribution is 0.259. The van der Waals surface area contributed by atoms with Gasteiger partial charge in [0, 0.05) is 35.7 Å². The minimum atomic E-state index is -3.48. The van der Waals surface area contributed by atoms with E-state index in [0.717, 1.165) is 0 Å². The van der Waals surface area contributed by atoms with Crippen LogP contribution in [0.3, 0.4) is 0 Å². The lowest BCUT2D eigenvalue weighted by atomic mass is 10.2. The summed E-state index contributed by atoms with van der Waals surface area (Å²) in [5, 5.41) is 13.8. The molecule has 0 radical (unpaired) electrons. The first-order valence-corrected chi connectivity index (χ1v) is 14.6. The van der Waals surface area contributed by atoms with Gasteiger partial charge in [-0.2, -0.15) is 40.2 Å². The Kier molecular flexibility index (Phi) is 10.4. The van der Waals surface area contributed by atoms with Gasteiger partial charge >= 0.3 is 6.03 Å². The second kappa shape index (κ2) is 13.3. The van der Waals surface area contributed by atoms with E-state index in [9.17, 15) is 13.2 Å². The molecule has 2 amide bonds. The maximum absolute atomic E-state index is 12.3. The first-order valence-electron chi connectivity index (χ1n) is 10.8. The first-order chi connectivity index (χ1) is 18.0. The van der Waals surface area contributed by atoms with E-state index >= 15 is 0 Å². The summed E-state index contributed by atoms with van der Waals surface area (Å²) >= 11 is 18.6. The first kappa shape index (κ1) is 29.8. The fraction of sp³-hybridized carbons (Fsp3) is 0.238. The van der Waals surface area contributed by atoms with Crippen molar-refractivity contribution in [2.75, 3.05) is 46.4 Å². The molecular weight excluding hydrogens is 590 g/mol. The van der Waals surface area contributed by atoms with Crippen molar-refractivity contribution in [3.05, 3.63) is 41.7 Å². The number of hydrogen-bond acceptors (Lipinski definition) is 13. The van der Waals surface area contributed by atoms with E-state index in [1.54, 1.807) is 30.1 Å². The summed E-state index contributed by atoms with van der Waals surface area (Å²) in [6, 6.07) is 8.29. The number of nitrogens with two attached hydrogens (primary N) is 1. The molecule has 0 bridgehead atoms. The average Bonchev–Trinajstić information content (AvgIpc) is 2.83. The van der Waals surface area contributed by atoms with Crippen LogP contribution >= 0.6 is 49.5 Å². The Morgan fingerprint density at radius 1 is 1.08 bits per heavy atom. The van der Waals surface area contributed by atoms with Gasteiger partial charge in [-0.05, 0) is 48.0 Å². The number of hydrogen-bond donors (Lipinski definition) is 6. The van der Waals surface area contributed by atoms with E-state index < -0.39 is 15.9 Å². The predicted octanol–water partition coefficient (Wildman–Crippen LogP) is 4.53. The van der Waals surface area contributed by atoms with Gasteiger partial charge in [-0.15, -0.1) is 22.9 Å². The third kappa shape index (κ3) is 8.10. The smallest absolute Gasteiger partial charge is 0.316 e. The molecule has 17 heteroatoms. The Morgan fingerprint density at radius 2 is 1.79 bits per heavy atom. The molecule has 0 fully saturated rings. The largest absolute Gasteiger partial charge is 0.351 e. The average molecular weight is 614 g/mol. The summed E-state index contributed by atoms with van der Waals surface area (Å²) in [6.45, 7) is 0.595. The van der Waals surface area contributed by atoms with Gasteiger partial charge in [0.05, 0.1) is 22.0 Å². The second-order valence-corrected chi connectivity index (χ2v) is 11.4. The van der Waals surface area contributed by atoms with E-state index in [2.05, 4.69) is 73.7 Å². The molecule has 12 nitrogen and oxygen atoms in total. The summed E-state index contributed by atoms with van der Waals surface area (Å²) in [5.74, 6) is 1.22. The van der Waals surface area contributed by atoms with Crippen molar-refractivity contribution in [3.8, 4) is 0 Å². The number of sulfone groups is 1. The van der Waals surface area contributed by atoms with Gasteiger partial charge in [0.15, 0.2) is 9.84 Å². The predicted molar refractivity (Wildman–Crippen MR) is 159 cm³/mol. The zero-order valence-electron chi connectivity index (χ0n) is 19.9. The Balaban J connectivity index is 1.88. The fourth-order valence-corrected chi connectivity index (χ4v) is 5.58. The molecule has 0 aliphatic rings. The Bertz CT molecular complexity index is 1460. The molecule has 1 heterocycles. The number of amides is 2. The molecule has 0 saturated carbocycles. The maximum atomic E-state index is 12.3. The number of carbonyl (C=O) groups is 1. The maximum Gasteiger partial charge on any atom is 0.316 e. The van der Waals surface area contributed by atoms with Gasteiger partial charge in [0.2, 0.25) is 17.2 Å². The molecule has 202 valence electrons. The number of urea groups is 1. The van der Waals surface area contributed by atoms with Crippen molar-refractivity contribution >= 4 is 100 Å². The fourth-order valence-electron chi connectivity index (χ4n) is 3.01. The van der Waals surface area contributed by atoms with Crippen LogP contribution in [0.1, 0.15) is 0 Å². The SMILES string of the molecule is CN(CCS)c1nc(Cl)nc(Nc2ccc(N=Nc3ccc(S(=O)(=O)CCS)cc3S)c(NC(N)=O)c2)n1. The van der Waals surface area contributed by atoms with Crippen LogP contribution in [0.4, 0.5) is 39.4 Å². The molecule has 0 atom stereocenters. The number of aromatic nitrogens is 3. The van der Waals surface area contributed by atoms with Crippen molar-refractivity contribution in [2.45, 2.75) is 9.79 Å². The molecule has 0 saturated heterocycles. The van der Waals surface area contributed by atoms with E-state index in [1.807, 2.05) is 0 Å². The van der Waals surface area contributed by atoms with Crippen LogP contribution in [0.5, 0.6) is 0 Å². The summed E-state index contributed by atoms with van der Waals surface area (Å²) in [6.07, 6.45) is 0. The normalized spacial score (nSPS) is 11.5. The second-order valence-electron chi connectivity index (χ2n) is 7.61. The van der Waals surface area contributed by atoms with Crippen molar-refractivity contribution in [3.63, 3.8) is 0 Å². The highest BCUT2D eigenvalue weighted by molar-refractivity contribution is 7.92. The number of anilines is 4. The monoisotopic (exact) mass is 613 g/mol. The van der Waals surface area contributed by atoms with Crippen molar-refractivity contribution < 1.29 is 13.2 Å². The van der Waals surface area contributed by atoms with Gasteiger partial charge < -0.3 is 21.3 Å². The van der Waals surface area contributed by atoms with Crippen LogP contribution < -0.4 is 21.3 Å². The van der Waals surface area contributed by atoms with Crippen LogP contribution in [0, 0.1) is 0 Å². The van der Waals surface area contributed by atoms with Crippen LogP contribution in [0.25, 0.3) is 0 Å². The molecule has 0 aliphatic carbocycles. The third-order valence-corrected chi connectivity index (χ3v) is 7.78. The summed E-state index contributed by atoms with van der Waals surface area (Å²) in [7, 11) is -1.68. The number of primary amides is 1. The lowest BCUT2D eigenvalue weighted by Crippen LogP contribution is -2.22. The number of nitrogens with zero attached hydrogens (tertiary/aromatic N) is 6.